The molecule has 0 spiro atoms. The molecule has 0 aliphatic heterocycles. The zero-order valence-corrected chi connectivity index (χ0v) is 25.4. The number of carbonyl (C=O) groups excluding carboxylic acids is 1. The standard InChI is InChI=1S/C30H25Cl2N5O5S/c1-3-40-25(38)17-42-21-13-22(31)26(23(32)14-21)29-36-27(28(37(29)39)24-9-11-34-30(35-24)43-2)19-7-4-8-20(12-19)41-16-18-6-5-10-33-15-18/h4-15,39H,3,16-17H2,1-2H3. The van der Waals surface area contributed by atoms with Crippen LogP contribution in [0.4, 0.5) is 0 Å². The second-order valence-electron chi connectivity index (χ2n) is 8.91. The van der Waals surface area contributed by atoms with E-state index in [-0.39, 0.29) is 40.4 Å². The monoisotopic (exact) mass is 637 g/mol. The van der Waals surface area contributed by atoms with Gasteiger partial charge in [0.1, 0.15) is 29.5 Å². The number of esters is 1. The number of halogens is 2. The zero-order chi connectivity index (χ0) is 30.3. The summed E-state index contributed by atoms with van der Waals surface area (Å²) in [4.78, 5) is 29.5. The molecule has 3 heterocycles. The minimum atomic E-state index is -0.528. The van der Waals surface area contributed by atoms with E-state index in [1.54, 1.807) is 31.6 Å². The van der Waals surface area contributed by atoms with Crippen molar-refractivity contribution in [2.75, 3.05) is 19.5 Å². The molecule has 0 radical (unpaired) electrons. The number of nitrogens with zero attached hydrogens (tertiary/aromatic N) is 5. The number of hydrogen-bond donors (Lipinski definition) is 1. The third-order valence-electron chi connectivity index (χ3n) is 6.05. The fraction of sp³-hybridized carbons (Fsp3) is 0.167. The van der Waals surface area contributed by atoms with Crippen molar-refractivity contribution < 1.29 is 24.2 Å². The third-order valence-corrected chi connectivity index (χ3v) is 7.21. The van der Waals surface area contributed by atoms with Gasteiger partial charge >= 0.3 is 5.97 Å². The van der Waals surface area contributed by atoms with Gasteiger partial charge in [0.05, 0.1) is 27.9 Å². The van der Waals surface area contributed by atoms with Crippen molar-refractivity contribution in [2.45, 2.75) is 18.7 Å². The van der Waals surface area contributed by atoms with E-state index in [1.165, 1.54) is 23.9 Å². The van der Waals surface area contributed by atoms with Gasteiger partial charge in [-0.1, -0.05) is 53.2 Å². The maximum absolute atomic E-state index is 11.7. The van der Waals surface area contributed by atoms with E-state index < -0.39 is 5.97 Å². The summed E-state index contributed by atoms with van der Waals surface area (Å²) in [5, 5.41) is 12.4. The van der Waals surface area contributed by atoms with Gasteiger partial charge in [-0.25, -0.2) is 19.7 Å². The maximum Gasteiger partial charge on any atom is 0.344 e. The summed E-state index contributed by atoms with van der Waals surface area (Å²) < 4.78 is 17.3. The summed E-state index contributed by atoms with van der Waals surface area (Å²) in [6, 6.07) is 15.7. The fourth-order valence-corrected chi connectivity index (χ4v) is 5.14. The lowest BCUT2D eigenvalue weighted by Crippen LogP contribution is -2.14. The molecule has 0 aliphatic carbocycles. The van der Waals surface area contributed by atoms with Crippen LogP contribution in [0, 0.1) is 0 Å². The van der Waals surface area contributed by atoms with Gasteiger partial charge in [-0.3, -0.25) is 4.98 Å². The molecular formula is C30H25Cl2N5O5S. The molecule has 0 atom stereocenters. The molecule has 3 aromatic heterocycles. The van der Waals surface area contributed by atoms with Gasteiger partial charge in [-0.2, -0.15) is 4.73 Å². The molecule has 2 aromatic carbocycles. The van der Waals surface area contributed by atoms with E-state index in [9.17, 15) is 10.0 Å². The van der Waals surface area contributed by atoms with E-state index in [2.05, 4.69) is 15.0 Å². The van der Waals surface area contributed by atoms with Gasteiger partial charge in [0, 0.05) is 29.7 Å². The highest BCUT2D eigenvalue weighted by molar-refractivity contribution is 7.98. The Hall–Kier alpha value is -4.32. The van der Waals surface area contributed by atoms with Gasteiger partial charge in [0.2, 0.25) is 0 Å². The van der Waals surface area contributed by atoms with Gasteiger partial charge in [0.15, 0.2) is 17.6 Å². The Kier molecular flexibility index (Phi) is 9.65. The first kappa shape index (κ1) is 30.1. The van der Waals surface area contributed by atoms with Crippen LogP contribution in [-0.2, 0) is 16.1 Å². The lowest BCUT2D eigenvalue weighted by molar-refractivity contribution is -0.145. The van der Waals surface area contributed by atoms with Crippen molar-refractivity contribution in [1.29, 1.82) is 0 Å². The van der Waals surface area contributed by atoms with E-state index >= 15 is 0 Å². The normalized spacial score (nSPS) is 10.9. The summed E-state index contributed by atoms with van der Waals surface area (Å²) in [7, 11) is 0. The average Bonchev–Trinajstić information content (AvgIpc) is 3.36. The molecule has 10 nitrogen and oxygen atoms in total. The highest BCUT2D eigenvalue weighted by Crippen LogP contribution is 2.42. The summed E-state index contributed by atoms with van der Waals surface area (Å²) in [6.45, 7) is 1.95. The quantitative estimate of drug-likeness (QED) is 0.0711. The Labute approximate surface area is 261 Å². The lowest BCUT2D eigenvalue weighted by Gasteiger charge is -2.11. The smallest absolute Gasteiger partial charge is 0.344 e. The molecule has 0 saturated heterocycles. The largest absolute Gasteiger partial charge is 0.489 e. The third kappa shape index (κ3) is 7.02. The van der Waals surface area contributed by atoms with Crippen LogP contribution in [0.2, 0.25) is 10.0 Å². The van der Waals surface area contributed by atoms with Crippen LogP contribution in [0.3, 0.4) is 0 Å². The number of benzene rings is 2. The molecule has 0 unspecified atom stereocenters. The fourth-order valence-electron chi connectivity index (χ4n) is 4.15. The van der Waals surface area contributed by atoms with Gasteiger partial charge in [-0.05, 0) is 49.6 Å². The first-order chi connectivity index (χ1) is 20.9. The Morgan fingerprint density at radius 3 is 2.53 bits per heavy atom. The van der Waals surface area contributed by atoms with Crippen molar-refractivity contribution in [3.05, 3.63) is 88.8 Å². The van der Waals surface area contributed by atoms with E-state index in [1.807, 2.05) is 42.7 Å². The van der Waals surface area contributed by atoms with Crippen LogP contribution < -0.4 is 9.47 Å². The number of imidazole rings is 1. The Morgan fingerprint density at radius 1 is 1.00 bits per heavy atom. The summed E-state index contributed by atoms with van der Waals surface area (Å²) in [6.07, 6.45) is 6.90. The molecule has 0 amide bonds. The first-order valence-electron chi connectivity index (χ1n) is 13.0. The molecule has 0 aliphatic rings. The first-order valence-corrected chi connectivity index (χ1v) is 14.9. The van der Waals surface area contributed by atoms with Crippen molar-refractivity contribution in [3.63, 3.8) is 0 Å². The maximum atomic E-state index is 11.7. The molecule has 0 bridgehead atoms. The second-order valence-corrected chi connectivity index (χ2v) is 10.5. The predicted octanol–water partition coefficient (Wildman–Crippen LogP) is 6.86. The average molecular weight is 639 g/mol. The van der Waals surface area contributed by atoms with Crippen LogP contribution in [0.5, 0.6) is 11.5 Å². The number of ether oxygens (including phenoxy) is 3. The SMILES string of the molecule is CCOC(=O)COc1cc(Cl)c(-c2nc(-c3cccc(OCc4cccnc4)c3)c(-c3ccnc(SC)n3)n2O)c(Cl)c1. The zero-order valence-electron chi connectivity index (χ0n) is 23.0. The summed E-state index contributed by atoms with van der Waals surface area (Å²) in [5.41, 5.74) is 2.96. The van der Waals surface area contributed by atoms with Gasteiger partial charge in [-0.15, -0.1) is 0 Å². The summed E-state index contributed by atoms with van der Waals surface area (Å²) in [5.74, 6) is 0.387. The molecule has 5 aromatic rings. The molecule has 13 heteroatoms. The summed E-state index contributed by atoms with van der Waals surface area (Å²) >= 11 is 14.7. The Balaban J connectivity index is 1.57. The van der Waals surface area contributed by atoms with Crippen molar-refractivity contribution in [3.8, 4) is 45.5 Å². The highest BCUT2D eigenvalue weighted by atomic mass is 35.5. The van der Waals surface area contributed by atoms with E-state index in [0.29, 0.717) is 40.2 Å². The minimum Gasteiger partial charge on any atom is -0.489 e. The number of carbonyl (C=O) groups is 1. The number of aromatic nitrogens is 5. The molecule has 0 fully saturated rings. The van der Waals surface area contributed by atoms with E-state index in [4.69, 9.17) is 42.4 Å². The van der Waals surface area contributed by atoms with Gasteiger partial charge < -0.3 is 19.4 Å². The predicted molar refractivity (Wildman–Crippen MR) is 164 cm³/mol. The molecule has 0 saturated carbocycles. The number of rotatable bonds is 11. The molecular weight excluding hydrogens is 613 g/mol. The van der Waals surface area contributed by atoms with E-state index in [0.717, 1.165) is 10.3 Å². The Bertz CT molecular complexity index is 1730. The number of thioether (sulfide) groups is 1. The molecule has 5 rings (SSSR count). The molecule has 1 N–H and O–H groups in total. The highest BCUT2D eigenvalue weighted by Gasteiger charge is 2.26. The second kappa shape index (κ2) is 13.8. The van der Waals surface area contributed by atoms with Crippen LogP contribution in [0.1, 0.15) is 12.5 Å². The number of pyridine rings is 1. The molecule has 43 heavy (non-hydrogen) atoms. The van der Waals surface area contributed by atoms with Crippen LogP contribution in [-0.4, -0.2) is 55.3 Å². The van der Waals surface area contributed by atoms with Crippen LogP contribution >= 0.6 is 35.0 Å². The van der Waals surface area contributed by atoms with Crippen LogP contribution in [0.25, 0.3) is 34.0 Å². The minimum absolute atomic E-state index is 0.0722. The topological polar surface area (TPSA) is 121 Å². The number of hydrogen-bond acceptors (Lipinski definition) is 10. The lowest BCUT2D eigenvalue weighted by atomic mass is 10.1. The van der Waals surface area contributed by atoms with Crippen molar-refractivity contribution in [2.24, 2.45) is 0 Å². The van der Waals surface area contributed by atoms with Crippen LogP contribution in [0.15, 0.2) is 78.3 Å². The Morgan fingerprint density at radius 2 is 1.81 bits per heavy atom. The molecule has 220 valence electrons. The van der Waals surface area contributed by atoms with Gasteiger partial charge in [0.25, 0.3) is 0 Å². The van der Waals surface area contributed by atoms with Crippen molar-refractivity contribution >= 4 is 40.9 Å². The van der Waals surface area contributed by atoms with Crippen molar-refractivity contribution in [1.82, 2.24) is 24.7 Å².